The van der Waals surface area contributed by atoms with Gasteiger partial charge in [0, 0.05) is 28.9 Å². The molecule has 0 saturated heterocycles. The number of anilines is 1. The highest BCUT2D eigenvalue weighted by Gasteiger charge is 2.25. The van der Waals surface area contributed by atoms with Crippen molar-refractivity contribution in [3.8, 4) is 0 Å². The van der Waals surface area contributed by atoms with Crippen LogP contribution >= 0.6 is 11.8 Å². The predicted molar refractivity (Wildman–Crippen MR) is 135 cm³/mol. The molecule has 36 heavy (non-hydrogen) atoms. The van der Waals surface area contributed by atoms with Crippen molar-refractivity contribution in [2.45, 2.75) is 35.5 Å². The van der Waals surface area contributed by atoms with Crippen LogP contribution in [0, 0.1) is 0 Å². The zero-order valence-electron chi connectivity index (χ0n) is 19.5. The Morgan fingerprint density at radius 1 is 1.22 bits per heavy atom. The van der Waals surface area contributed by atoms with Crippen molar-refractivity contribution >= 4 is 50.8 Å². The van der Waals surface area contributed by atoms with Crippen molar-refractivity contribution in [3.63, 3.8) is 0 Å². The van der Waals surface area contributed by atoms with Gasteiger partial charge in [0.15, 0.2) is 0 Å². The van der Waals surface area contributed by atoms with E-state index < -0.39 is 16.1 Å². The van der Waals surface area contributed by atoms with Crippen LogP contribution in [0.5, 0.6) is 0 Å². The smallest absolute Gasteiger partial charge is 0.370 e. The van der Waals surface area contributed by atoms with E-state index in [9.17, 15) is 17.8 Å². The highest BCUT2D eigenvalue weighted by molar-refractivity contribution is 8.03. The highest BCUT2D eigenvalue weighted by atomic mass is 32.2. The number of allylic oxidation sites excluding steroid dienone is 4. The molecule has 3 aromatic rings. The summed E-state index contributed by atoms with van der Waals surface area (Å²) in [7, 11) is -2.65. The molecule has 0 saturated carbocycles. The number of hydrogen-bond acceptors (Lipinski definition) is 8. The van der Waals surface area contributed by atoms with E-state index in [-0.39, 0.29) is 11.3 Å². The Bertz CT molecular complexity index is 1470. The summed E-state index contributed by atoms with van der Waals surface area (Å²) in [4.78, 5) is 17.7. The maximum atomic E-state index is 11.5. The number of nitrogens with zero attached hydrogens (tertiary/aromatic N) is 3. The third-order valence-electron chi connectivity index (χ3n) is 5.51. The third-order valence-corrected chi connectivity index (χ3v) is 7.45. The summed E-state index contributed by atoms with van der Waals surface area (Å²) in [6.07, 6.45) is 13.3. The molecule has 0 spiro atoms. The van der Waals surface area contributed by atoms with E-state index in [1.165, 1.54) is 23.9 Å². The molecule has 1 aromatic carbocycles. The van der Waals surface area contributed by atoms with E-state index in [1.807, 2.05) is 54.2 Å². The third kappa shape index (κ3) is 6.23. The van der Waals surface area contributed by atoms with E-state index in [2.05, 4.69) is 9.88 Å². The van der Waals surface area contributed by atoms with Gasteiger partial charge in [-0.1, -0.05) is 36.4 Å². The molecule has 11 heteroatoms. The molecule has 1 N–H and O–H groups in total. The molecule has 3 heterocycles. The molecule has 0 radical (unpaired) electrons. The number of pyridine rings is 1. The Morgan fingerprint density at radius 3 is 2.81 bits per heavy atom. The number of carbonyl (C=O) groups is 1. The lowest BCUT2D eigenvalue weighted by atomic mass is 10.2. The van der Waals surface area contributed by atoms with E-state index in [0.29, 0.717) is 29.3 Å². The number of unbranched alkanes of at least 4 members (excludes halogenated alkanes) is 2. The predicted octanol–water partition coefficient (Wildman–Crippen LogP) is 4.22. The van der Waals surface area contributed by atoms with Gasteiger partial charge in [-0.05, 0) is 49.2 Å². The molecule has 0 aliphatic carbocycles. The van der Waals surface area contributed by atoms with Gasteiger partial charge in [-0.2, -0.15) is 0 Å². The topological polar surface area (TPSA) is 128 Å². The van der Waals surface area contributed by atoms with Crippen LogP contribution in [0.2, 0.25) is 0 Å². The number of oxazole rings is 1. The van der Waals surface area contributed by atoms with E-state index >= 15 is 0 Å². The molecule has 0 bridgehead atoms. The number of hydrogen-bond donors (Lipinski definition) is 1. The Labute approximate surface area is 213 Å². The van der Waals surface area contributed by atoms with Crippen LogP contribution in [0.4, 0.5) is 5.69 Å². The average molecular weight is 528 g/mol. The fraction of sp³-hybridized carbons (Fsp3) is 0.240. The number of thioether (sulfide) groups is 1. The largest absolute Gasteiger partial charge is 0.744 e. The van der Waals surface area contributed by atoms with Crippen molar-refractivity contribution in [1.29, 1.82) is 0 Å². The maximum absolute atomic E-state index is 11.5. The molecule has 4 rings (SSSR count). The fourth-order valence-electron chi connectivity index (χ4n) is 3.76. The first-order valence-corrected chi connectivity index (χ1v) is 13.5. The number of aromatic nitrogens is 2. The molecule has 1 aliphatic heterocycles. The summed E-state index contributed by atoms with van der Waals surface area (Å²) in [5.41, 5.74) is 2.27. The van der Waals surface area contributed by atoms with Gasteiger partial charge in [-0.3, -0.25) is 4.79 Å². The van der Waals surface area contributed by atoms with Crippen LogP contribution in [-0.2, 0) is 22.0 Å². The monoisotopic (exact) mass is 527 g/mol. The zero-order valence-corrected chi connectivity index (χ0v) is 21.2. The lowest BCUT2D eigenvalue weighted by molar-refractivity contribution is -0.646. The summed E-state index contributed by atoms with van der Waals surface area (Å²) in [5.74, 6) is -0.324. The standard InChI is InChI=1S/C25H25N3O6S2/c1-27-15-8-9-20-25(27)26-22(34-20)10-4-2-5-11-23-28(16-7-3-6-12-24(29)30)19-14-13-18(36(31,32)33)17-21(19)35-23/h2,4-5,8-11,13-15,17H,3,6-7,12,16H2,1H3,(H-,29,30,31,32,33). The molecular weight excluding hydrogens is 502 g/mol. The maximum Gasteiger partial charge on any atom is 0.370 e. The van der Waals surface area contributed by atoms with Crippen LogP contribution in [0.25, 0.3) is 17.3 Å². The second kappa shape index (κ2) is 11.1. The first kappa shape index (κ1) is 25.7. The van der Waals surface area contributed by atoms with Crippen LogP contribution in [0.3, 0.4) is 0 Å². The fourth-order valence-corrected chi connectivity index (χ4v) is 5.47. The Kier molecular flexibility index (Phi) is 7.92. The second-order valence-electron chi connectivity index (χ2n) is 8.15. The quantitative estimate of drug-likeness (QED) is 0.178. The van der Waals surface area contributed by atoms with Crippen LogP contribution in [-0.4, -0.2) is 35.6 Å². The Balaban J connectivity index is 1.48. The van der Waals surface area contributed by atoms with Crippen LogP contribution in [0.15, 0.2) is 80.1 Å². The average Bonchev–Trinajstić information content (AvgIpc) is 3.39. The van der Waals surface area contributed by atoms with Crippen molar-refractivity contribution in [2.24, 2.45) is 7.05 Å². The zero-order chi connectivity index (χ0) is 25.7. The minimum absolute atomic E-state index is 0.131. The highest BCUT2D eigenvalue weighted by Crippen LogP contribution is 2.47. The number of aryl methyl sites for hydroxylation is 1. The summed E-state index contributed by atoms with van der Waals surface area (Å²) in [5, 5.41) is 9.71. The Hall–Kier alpha value is -3.41. The first-order valence-electron chi connectivity index (χ1n) is 11.3. The summed E-state index contributed by atoms with van der Waals surface area (Å²) in [6.45, 7) is 0.637. The van der Waals surface area contributed by atoms with E-state index in [4.69, 9.17) is 9.52 Å². The first-order chi connectivity index (χ1) is 17.2. The molecular formula is C25H25N3O6S2. The van der Waals surface area contributed by atoms with Gasteiger partial charge in [0.2, 0.25) is 5.58 Å². The summed E-state index contributed by atoms with van der Waals surface area (Å²) >= 11 is 1.38. The van der Waals surface area contributed by atoms with Gasteiger partial charge in [0.05, 0.1) is 28.9 Å². The lowest BCUT2D eigenvalue weighted by Crippen LogP contribution is -2.27. The lowest BCUT2D eigenvalue weighted by Gasteiger charge is -2.20. The number of rotatable bonds is 10. The molecule has 0 unspecified atom stereocenters. The van der Waals surface area contributed by atoms with Gasteiger partial charge in [-0.25, -0.2) is 13.0 Å². The van der Waals surface area contributed by atoms with Gasteiger partial charge in [0.25, 0.3) is 0 Å². The minimum atomic E-state index is -4.55. The van der Waals surface area contributed by atoms with Crippen molar-refractivity contribution in [1.82, 2.24) is 4.98 Å². The molecule has 0 fully saturated rings. The minimum Gasteiger partial charge on any atom is -0.744 e. The van der Waals surface area contributed by atoms with Crippen LogP contribution in [0.1, 0.15) is 31.6 Å². The molecule has 0 amide bonds. The SMILES string of the molecule is C[n+]1cccc2oc(/C=C/C=C/C=C3/Sc4cc(S(=O)(=O)[O-])ccc4N3CCCCCC(=O)O)nc21. The molecule has 1 aliphatic rings. The number of fused-ring (bicyclic) bond motifs is 2. The van der Waals surface area contributed by atoms with Crippen LogP contribution < -0.4 is 9.47 Å². The van der Waals surface area contributed by atoms with Gasteiger partial charge in [0.1, 0.15) is 10.1 Å². The van der Waals surface area contributed by atoms with Crippen molar-refractivity contribution in [3.05, 3.63) is 71.8 Å². The molecule has 0 atom stereocenters. The summed E-state index contributed by atoms with van der Waals surface area (Å²) in [6, 6.07) is 8.10. The second-order valence-corrected chi connectivity index (χ2v) is 10.6. The normalized spacial score (nSPS) is 15.1. The van der Waals surface area contributed by atoms with E-state index in [1.54, 1.807) is 12.1 Å². The number of carboxylic acid groups (broad SMARTS) is 1. The molecule has 9 nitrogen and oxygen atoms in total. The molecule has 188 valence electrons. The number of carboxylic acids is 1. The van der Waals surface area contributed by atoms with Crippen molar-refractivity contribution < 1.29 is 31.9 Å². The van der Waals surface area contributed by atoms with Gasteiger partial charge < -0.3 is 19.0 Å². The van der Waals surface area contributed by atoms with Gasteiger partial charge >= 0.3 is 17.5 Å². The van der Waals surface area contributed by atoms with Crippen molar-refractivity contribution in [2.75, 3.05) is 11.4 Å². The number of aliphatic carboxylic acids is 1. The van der Waals surface area contributed by atoms with Gasteiger partial charge in [-0.15, -0.1) is 0 Å². The Morgan fingerprint density at radius 2 is 2.06 bits per heavy atom. The summed E-state index contributed by atoms with van der Waals surface area (Å²) < 4.78 is 42.0. The number of benzene rings is 1. The van der Waals surface area contributed by atoms with E-state index in [0.717, 1.165) is 29.2 Å². The molecule has 2 aromatic heterocycles.